The number of halogens is 1. The summed E-state index contributed by atoms with van der Waals surface area (Å²) in [7, 11) is 0. The summed E-state index contributed by atoms with van der Waals surface area (Å²) in [5.41, 5.74) is 0.967. The summed E-state index contributed by atoms with van der Waals surface area (Å²) in [5, 5.41) is 20.4. The molecule has 2 unspecified atom stereocenters. The first-order chi connectivity index (χ1) is 9.45. The van der Waals surface area contributed by atoms with Gasteiger partial charge in [0.1, 0.15) is 0 Å². The number of hydrogen-bond donors (Lipinski definition) is 2. The van der Waals surface area contributed by atoms with Crippen molar-refractivity contribution in [1.29, 1.82) is 0 Å². The van der Waals surface area contributed by atoms with Crippen molar-refractivity contribution in [3.05, 3.63) is 34.9 Å². The van der Waals surface area contributed by atoms with Crippen molar-refractivity contribution in [2.75, 3.05) is 6.61 Å². The van der Waals surface area contributed by atoms with E-state index >= 15 is 0 Å². The Balaban J connectivity index is 2.88. The maximum atomic E-state index is 10.4. The molecular weight excluding hydrogens is 276 g/mol. The monoisotopic (exact) mass is 300 g/mol. The van der Waals surface area contributed by atoms with Gasteiger partial charge >= 0.3 is 0 Å². The minimum atomic E-state index is -1.14. The largest absolute Gasteiger partial charge is 0.396 e. The van der Waals surface area contributed by atoms with E-state index in [1.807, 2.05) is 45.0 Å². The highest BCUT2D eigenvalue weighted by Gasteiger charge is 2.30. The number of aliphatic hydroxyl groups excluding tert-OH is 1. The summed E-state index contributed by atoms with van der Waals surface area (Å²) in [6, 6.07) is 7.59. The Bertz CT molecular complexity index is 404. The lowest BCUT2D eigenvalue weighted by atomic mass is 9.97. The van der Waals surface area contributed by atoms with E-state index in [1.54, 1.807) is 0 Å². The topological polar surface area (TPSA) is 49.7 Å². The van der Waals surface area contributed by atoms with Gasteiger partial charge in [0.15, 0.2) is 5.79 Å². The molecule has 0 amide bonds. The smallest absolute Gasteiger partial charge is 0.165 e. The molecular formula is C16H25ClO3. The third kappa shape index (κ3) is 4.74. The number of ether oxygens (including phenoxy) is 1. The molecule has 1 rings (SSSR count). The van der Waals surface area contributed by atoms with Crippen molar-refractivity contribution in [2.24, 2.45) is 5.92 Å². The lowest BCUT2D eigenvalue weighted by Crippen LogP contribution is -2.40. The number of aliphatic hydroxyl groups is 2. The van der Waals surface area contributed by atoms with Gasteiger partial charge in [-0.2, -0.15) is 0 Å². The molecule has 114 valence electrons. The quantitative estimate of drug-likeness (QED) is 0.723. The zero-order valence-electron chi connectivity index (χ0n) is 12.5. The number of hydrogen-bond acceptors (Lipinski definition) is 3. The van der Waals surface area contributed by atoms with E-state index in [2.05, 4.69) is 0 Å². The Morgan fingerprint density at radius 3 is 2.35 bits per heavy atom. The summed E-state index contributed by atoms with van der Waals surface area (Å²) in [4.78, 5) is 0. The third-order valence-corrected chi connectivity index (χ3v) is 4.15. The Morgan fingerprint density at radius 1 is 1.25 bits per heavy atom. The molecule has 3 nitrogen and oxygen atoms in total. The van der Waals surface area contributed by atoms with Crippen LogP contribution in [0.5, 0.6) is 0 Å². The van der Waals surface area contributed by atoms with Crippen molar-refractivity contribution < 1.29 is 14.9 Å². The Hall–Kier alpha value is -0.610. The highest BCUT2D eigenvalue weighted by molar-refractivity contribution is 6.31. The molecule has 4 heteroatoms. The van der Waals surface area contributed by atoms with E-state index < -0.39 is 5.79 Å². The highest BCUT2D eigenvalue weighted by Crippen LogP contribution is 2.26. The second-order valence-corrected chi connectivity index (χ2v) is 5.67. The van der Waals surface area contributed by atoms with Gasteiger partial charge < -0.3 is 14.9 Å². The average molecular weight is 301 g/mol. The standard InChI is InChI=1S/C16H25ClO3/c1-4-16(19,5-2)20-15(12(3)11-18)10-13-8-6-7-9-14(13)17/h6-9,12,15,18-19H,4-5,10-11H2,1-3H3. The molecule has 1 aromatic carbocycles. The lowest BCUT2D eigenvalue weighted by molar-refractivity contribution is -0.243. The van der Waals surface area contributed by atoms with E-state index in [-0.39, 0.29) is 18.6 Å². The summed E-state index contributed by atoms with van der Waals surface area (Å²) < 4.78 is 5.88. The number of benzene rings is 1. The molecule has 0 heterocycles. The van der Waals surface area contributed by atoms with Crippen LogP contribution in [0.3, 0.4) is 0 Å². The summed E-state index contributed by atoms with van der Waals surface area (Å²) in [6.07, 6.45) is 1.33. The molecule has 2 atom stereocenters. The first-order valence-corrected chi connectivity index (χ1v) is 7.58. The molecule has 0 aliphatic carbocycles. The first kappa shape index (κ1) is 17.4. The molecule has 2 N–H and O–H groups in total. The lowest BCUT2D eigenvalue weighted by Gasteiger charge is -2.34. The predicted molar refractivity (Wildman–Crippen MR) is 81.8 cm³/mol. The summed E-state index contributed by atoms with van der Waals surface area (Å²) >= 11 is 6.17. The molecule has 0 aromatic heterocycles. The van der Waals surface area contributed by atoms with Gasteiger partial charge in [-0.05, 0) is 24.5 Å². The summed E-state index contributed by atoms with van der Waals surface area (Å²) in [5.74, 6) is -1.22. The van der Waals surface area contributed by atoms with Crippen LogP contribution in [-0.2, 0) is 11.2 Å². The Labute approximate surface area is 126 Å². The molecule has 0 aliphatic rings. The van der Waals surface area contributed by atoms with Crippen LogP contribution in [0.2, 0.25) is 5.02 Å². The van der Waals surface area contributed by atoms with Crippen LogP contribution in [0.4, 0.5) is 0 Å². The van der Waals surface area contributed by atoms with Crippen LogP contribution in [0, 0.1) is 5.92 Å². The predicted octanol–water partition coefficient (Wildman–Crippen LogP) is 3.40. The van der Waals surface area contributed by atoms with Crippen LogP contribution in [-0.4, -0.2) is 28.7 Å². The van der Waals surface area contributed by atoms with Crippen molar-refractivity contribution in [3.8, 4) is 0 Å². The van der Waals surface area contributed by atoms with Gasteiger partial charge in [-0.1, -0.05) is 50.6 Å². The van der Waals surface area contributed by atoms with Crippen molar-refractivity contribution in [2.45, 2.75) is 51.9 Å². The fourth-order valence-corrected chi connectivity index (χ4v) is 2.27. The molecule has 0 saturated carbocycles. The fourth-order valence-electron chi connectivity index (χ4n) is 2.06. The van der Waals surface area contributed by atoms with Gasteiger partial charge in [0.05, 0.1) is 6.10 Å². The summed E-state index contributed by atoms with van der Waals surface area (Å²) in [6.45, 7) is 5.70. The van der Waals surface area contributed by atoms with Gasteiger partial charge in [0.25, 0.3) is 0 Å². The normalized spacial score (nSPS) is 15.1. The Morgan fingerprint density at radius 2 is 1.85 bits per heavy atom. The van der Waals surface area contributed by atoms with Crippen LogP contribution in [0.25, 0.3) is 0 Å². The van der Waals surface area contributed by atoms with Crippen LogP contribution in [0.15, 0.2) is 24.3 Å². The van der Waals surface area contributed by atoms with Crippen LogP contribution >= 0.6 is 11.6 Å². The molecule has 0 bridgehead atoms. The van der Waals surface area contributed by atoms with E-state index in [9.17, 15) is 10.2 Å². The first-order valence-electron chi connectivity index (χ1n) is 7.20. The minimum absolute atomic E-state index is 0.0125. The van der Waals surface area contributed by atoms with Crippen LogP contribution < -0.4 is 0 Å². The third-order valence-electron chi connectivity index (χ3n) is 3.78. The molecule has 0 aliphatic heterocycles. The minimum Gasteiger partial charge on any atom is -0.396 e. The second kappa shape index (κ2) is 7.99. The van der Waals surface area contributed by atoms with Gasteiger partial charge in [-0.15, -0.1) is 0 Å². The maximum absolute atomic E-state index is 10.4. The Kier molecular flexibility index (Phi) is 6.96. The average Bonchev–Trinajstić information content (AvgIpc) is 2.47. The maximum Gasteiger partial charge on any atom is 0.165 e. The van der Waals surface area contributed by atoms with E-state index in [0.29, 0.717) is 24.3 Å². The fraction of sp³-hybridized carbons (Fsp3) is 0.625. The van der Waals surface area contributed by atoms with Gasteiger partial charge in [-0.3, -0.25) is 0 Å². The van der Waals surface area contributed by atoms with Crippen molar-refractivity contribution in [1.82, 2.24) is 0 Å². The second-order valence-electron chi connectivity index (χ2n) is 5.26. The molecule has 20 heavy (non-hydrogen) atoms. The zero-order valence-corrected chi connectivity index (χ0v) is 13.2. The van der Waals surface area contributed by atoms with E-state index in [4.69, 9.17) is 16.3 Å². The molecule has 0 fully saturated rings. The molecule has 0 radical (unpaired) electrons. The van der Waals surface area contributed by atoms with Gasteiger partial charge in [0, 0.05) is 24.0 Å². The van der Waals surface area contributed by atoms with E-state index in [1.165, 1.54) is 0 Å². The number of rotatable bonds is 8. The van der Waals surface area contributed by atoms with Crippen LogP contribution in [0.1, 0.15) is 39.2 Å². The molecule has 1 aromatic rings. The van der Waals surface area contributed by atoms with Gasteiger partial charge in [-0.25, -0.2) is 0 Å². The zero-order chi connectivity index (χ0) is 15.2. The van der Waals surface area contributed by atoms with E-state index in [0.717, 1.165) is 5.56 Å². The molecule has 0 spiro atoms. The SMILES string of the molecule is CCC(O)(CC)OC(Cc1ccccc1Cl)C(C)CO. The van der Waals surface area contributed by atoms with Crippen molar-refractivity contribution >= 4 is 11.6 Å². The van der Waals surface area contributed by atoms with Gasteiger partial charge in [0.2, 0.25) is 0 Å². The molecule has 0 saturated heterocycles. The highest BCUT2D eigenvalue weighted by atomic mass is 35.5. The van der Waals surface area contributed by atoms with Crippen molar-refractivity contribution in [3.63, 3.8) is 0 Å².